The maximum atomic E-state index is 13.6. The Balaban J connectivity index is 1.41. The number of para-hydroxylation sites is 1. The molecule has 1 aliphatic carbocycles. The first-order chi connectivity index (χ1) is 13.0. The Morgan fingerprint density at radius 3 is 2.85 bits per heavy atom. The lowest BCUT2D eigenvalue weighted by atomic mass is 9.79. The van der Waals surface area contributed by atoms with Gasteiger partial charge >= 0.3 is 0 Å². The van der Waals surface area contributed by atoms with Crippen molar-refractivity contribution in [2.24, 2.45) is 11.3 Å². The zero-order valence-corrected chi connectivity index (χ0v) is 16.0. The Bertz CT molecular complexity index is 869. The van der Waals surface area contributed by atoms with Gasteiger partial charge < -0.3 is 14.4 Å². The van der Waals surface area contributed by atoms with Crippen molar-refractivity contribution in [1.82, 2.24) is 9.21 Å². The van der Waals surface area contributed by atoms with Gasteiger partial charge in [-0.05, 0) is 18.9 Å². The van der Waals surface area contributed by atoms with Crippen LogP contribution in [-0.4, -0.2) is 68.2 Å². The summed E-state index contributed by atoms with van der Waals surface area (Å²) in [4.78, 5) is 15.4. The van der Waals surface area contributed by atoms with Crippen LogP contribution in [0.2, 0.25) is 0 Å². The largest absolute Gasteiger partial charge is 0.491 e. The highest BCUT2D eigenvalue weighted by Crippen LogP contribution is 2.46. The fourth-order valence-corrected chi connectivity index (χ4v) is 6.53. The molecule has 0 spiro atoms. The number of sulfonamides is 1. The highest BCUT2D eigenvalue weighted by atomic mass is 32.2. The molecular weight excluding hydrogens is 368 g/mol. The van der Waals surface area contributed by atoms with Crippen LogP contribution >= 0.6 is 0 Å². The number of rotatable bonds is 3. The van der Waals surface area contributed by atoms with Crippen LogP contribution in [0.15, 0.2) is 24.3 Å². The molecule has 5 rings (SSSR count). The third-order valence-corrected chi connectivity index (χ3v) is 8.63. The van der Waals surface area contributed by atoms with E-state index in [0.29, 0.717) is 39.5 Å². The molecule has 3 heterocycles. The average molecular weight is 392 g/mol. The number of carbonyl (C=O) groups excluding carboxylic acids is 1. The van der Waals surface area contributed by atoms with E-state index >= 15 is 0 Å². The number of carbonyl (C=O) groups is 1. The molecule has 27 heavy (non-hydrogen) atoms. The first kappa shape index (κ1) is 17.5. The van der Waals surface area contributed by atoms with E-state index < -0.39 is 15.4 Å². The number of amides is 1. The molecule has 0 aromatic heterocycles. The van der Waals surface area contributed by atoms with Gasteiger partial charge in [-0.3, -0.25) is 4.79 Å². The molecule has 1 saturated carbocycles. The molecule has 146 valence electrons. The molecule has 1 amide bonds. The molecule has 4 aliphatic rings. The number of nitrogens with zero attached hydrogens (tertiary/aromatic N) is 2. The summed E-state index contributed by atoms with van der Waals surface area (Å²) in [5.74, 6) is 0.741. The molecule has 0 N–H and O–H groups in total. The highest BCUT2D eigenvalue weighted by Gasteiger charge is 2.60. The Morgan fingerprint density at radius 1 is 1.22 bits per heavy atom. The highest BCUT2D eigenvalue weighted by molar-refractivity contribution is 7.90. The van der Waals surface area contributed by atoms with Gasteiger partial charge in [-0.15, -0.1) is 0 Å². The summed E-state index contributed by atoms with van der Waals surface area (Å²) in [6.45, 7) is 2.81. The van der Waals surface area contributed by atoms with E-state index in [9.17, 15) is 13.2 Å². The van der Waals surface area contributed by atoms with Gasteiger partial charge in [0.15, 0.2) is 0 Å². The quantitative estimate of drug-likeness (QED) is 0.762. The molecule has 3 aliphatic heterocycles. The van der Waals surface area contributed by atoms with E-state index in [-0.39, 0.29) is 23.6 Å². The summed E-state index contributed by atoms with van der Waals surface area (Å²) in [5.41, 5.74) is 0.219. The Hall–Kier alpha value is -1.64. The molecule has 3 fully saturated rings. The Morgan fingerprint density at radius 2 is 2.04 bits per heavy atom. The van der Waals surface area contributed by atoms with Crippen molar-refractivity contribution >= 4 is 15.9 Å². The predicted octanol–water partition coefficient (Wildman–Crippen LogP) is 0.848. The van der Waals surface area contributed by atoms with Gasteiger partial charge in [-0.2, -0.15) is 0 Å². The van der Waals surface area contributed by atoms with Crippen LogP contribution < -0.4 is 4.74 Å². The predicted molar refractivity (Wildman–Crippen MR) is 97.6 cm³/mol. The van der Waals surface area contributed by atoms with Gasteiger partial charge in [-0.25, -0.2) is 12.7 Å². The molecule has 1 aromatic rings. The molecular formula is C19H24N2O5S. The van der Waals surface area contributed by atoms with Gasteiger partial charge in [0.2, 0.25) is 15.9 Å². The third kappa shape index (κ3) is 2.77. The Kier molecular flexibility index (Phi) is 4.00. The average Bonchev–Trinajstić information content (AvgIpc) is 3.38. The van der Waals surface area contributed by atoms with E-state index in [2.05, 4.69) is 0 Å². The SMILES string of the molecule is O=C(N1CCOc2ccccc2C1)[C@]12COC[C@H]1CN(S(=O)(=O)C1CC1)C2. The molecule has 7 nitrogen and oxygen atoms in total. The molecule has 8 heteroatoms. The maximum absolute atomic E-state index is 13.6. The summed E-state index contributed by atoms with van der Waals surface area (Å²) in [7, 11) is -3.28. The fourth-order valence-electron chi connectivity index (χ4n) is 4.58. The smallest absolute Gasteiger partial charge is 0.233 e. The van der Waals surface area contributed by atoms with Gasteiger partial charge in [0.1, 0.15) is 12.4 Å². The van der Waals surface area contributed by atoms with Crippen LogP contribution in [-0.2, 0) is 26.1 Å². The fraction of sp³-hybridized carbons (Fsp3) is 0.632. The second-order valence-electron chi connectivity index (χ2n) is 8.09. The van der Waals surface area contributed by atoms with Crippen LogP contribution in [0.1, 0.15) is 18.4 Å². The van der Waals surface area contributed by atoms with Crippen molar-refractivity contribution in [2.75, 3.05) is 39.5 Å². The minimum absolute atomic E-state index is 0.00111. The van der Waals surface area contributed by atoms with Crippen molar-refractivity contribution in [3.8, 4) is 5.75 Å². The van der Waals surface area contributed by atoms with Crippen LogP contribution in [0.5, 0.6) is 5.75 Å². The second kappa shape index (κ2) is 6.18. The van der Waals surface area contributed by atoms with Gasteiger partial charge in [0.05, 0.1) is 30.4 Å². The summed E-state index contributed by atoms with van der Waals surface area (Å²) >= 11 is 0. The summed E-state index contributed by atoms with van der Waals surface area (Å²) in [6, 6.07) is 7.76. The monoisotopic (exact) mass is 392 g/mol. The number of benzene rings is 1. The lowest BCUT2D eigenvalue weighted by Crippen LogP contribution is -2.49. The normalized spacial score (nSPS) is 31.1. The van der Waals surface area contributed by atoms with Crippen molar-refractivity contribution in [1.29, 1.82) is 0 Å². The number of hydrogen-bond acceptors (Lipinski definition) is 5. The molecule has 0 bridgehead atoms. The van der Waals surface area contributed by atoms with Crippen LogP contribution in [0.25, 0.3) is 0 Å². The van der Waals surface area contributed by atoms with E-state index in [0.717, 1.165) is 24.2 Å². The van der Waals surface area contributed by atoms with Crippen molar-refractivity contribution in [2.45, 2.75) is 24.6 Å². The van der Waals surface area contributed by atoms with Gasteiger partial charge in [0.25, 0.3) is 0 Å². The number of fused-ring (bicyclic) bond motifs is 2. The Labute approximate surface area is 159 Å². The lowest BCUT2D eigenvalue weighted by Gasteiger charge is -2.32. The first-order valence-corrected chi connectivity index (χ1v) is 11.1. The zero-order valence-electron chi connectivity index (χ0n) is 15.2. The number of hydrogen-bond donors (Lipinski definition) is 0. The first-order valence-electron chi connectivity index (χ1n) is 9.57. The van der Waals surface area contributed by atoms with Gasteiger partial charge in [0, 0.05) is 31.1 Å². The summed E-state index contributed by atoms with van der Waals surface area (Å²) < 4.78 is 38.5. The molecule has 2 saturated heterocycles. The standard InChI is InChI=1S/C19H24N2O5S/c22-18(20-7-8-26-17-4-2-1-3-14(17)9-20)19-12-21(10-15(19)11-25-13-19)27(23,24)16-5-6-16/h1-4,15-16H,5-13H2/t15-,19-/m1/s1. The van der Waals surface area contributed by atoms with Crippen LogP contribution in [0.4, 0.5) is 0 Å². The number of ether oxygens (including phenoxy) is 2. The zero-order chi connectivity index (χ0) is 18.6. The topological polar surface area (TPSA) is 76.2 Å². The van der Waals surface area contributed by atoms with E-state index in [4.69, 9.17) is 9.47 Å². The van der Waals surface area contributed by atoms with E-state index in [1.165, 1.54) is 0 Å². The van der Waals surface area contributed by atoms with Crippen molar-refractivity contribution < 1.29 is 22.7 Å². The van der Waals surface area contributed by atoms with E-state index in [1.54, 1.807) is 4.31 Å². The minimum atomic E-state index is -3.28. The molecule has 1 aromatic carbocycles. The van der Waals surface area contributed by atoms with Crippen LogP contribution in [0.3, 0.4) is 0 Å². The molecule has 0 radical (unpaired) electrons. The van der Waals surface area contributed by atoms with E-state index in [1.807, 2.05) is 29.2 Å². The third-order valence-electron chi connectivity index (χ3n) is 6.31. The maximum Gasteiger partial charge on any atom is 0.233 e. The van der Waals surface area contributed by atoms with Crippen LogP contribution in [0, 0.1) is 11.3 Å². The summed E-state index contributed by atoms with van der Waals surface area (Å²) in [6.07, 6.45) is 1.47. The van der Waals surface area contributed by atoms with Gasteiger partial charge in [-0.1, -0.05) is 18.2 Å². The lowest BCUT2D eigenvalue weighted by molar-refractivity contribution is -0.143. The summed E-state index contributed by atoms with van der Waals surface area (Å²) in [5, 5.41) is -0.247. The molecule has 0 unspecified atom stereocenters. The second-order valence-corrected chi connectivity index (χ2v) is 10.3. The molecule has 2 atom stereocenters. The minimum Gasteiger partial charge on any atom is -0.491 e. The van der Waals surface area contributed by atoms with Crippen molar-refractivity contribution in [3.63, 3.8) is 0 Å². The van der Waals surface area contributed by atoms with Crippen molar-refractivity contribution in [3.05, 3.63) is 29.8 Å².